The number of hydrogen-bond acceptors (Lipinski definition) is 3. The molecule has 1 aliphatic heterocycles. The fourth-order valence-corrected chi connectivity index (χ4v) is 2.63. The van der Waals surface area contributed by atoms with E-state index in [1.165, 1.54) is 19.3 Å². The molecule has 2 rings (SSSR count). The standard InChI is InChI=1S/C16H25N3O2/c20-13-15-7-3-2-6-14(15)12-18-16(21)17-8-11-19-9-4-1-5-10-19/h2-3,6-7,20H,1,4-5,8-13H2,(H2,17,18,21). The summed E-state index contributed by atoms with van der Waals surface area (Å²) < 4.78 is 0. The number of urea groups is 1. The van der Waals surface area contributed by atoms with E-state index in [1.54, 1.807) is 0 Å². The Morgan fingerprint density at radius 2 is 1.81 bits per heavy atom. The van der Waals surface area contributed by atoms with Crippen molar-refractivity contribution in [3.8, 4) is 0 Å². The maximum absolute atomic E-state index is 11.8. The molecular formula is C16H25N3O2. The molecule has 0 atom stereocenters. The van der Waals surface area contributed by atoms with Crippen molar-refractivity contribution in [2.45, 2.75) is 32.4 Å². The molecule has 0 radical (unpaired) electrons. The van der Waals surface area contributed by atoms with Crippen molar-refractivity contribution in [2.24, 2.45) is 0 Å². The lowest BCUT2D eigenvalue weighted by Gasteiger charge is -2.26. The van der Waals surface area contributed by atoms with Gasteiger partial charge in [-0.15, -0.1) is 0 Å². The molecule has 2 amide bonds. The molecule has 5 heteroatoms. The van der Waals surface area contributed by atoms with Crippen LogP contribution >= 0.6 is 0 Å². The van der Waals surface area contributed by atoms with Crippen molar-refractivity contribution in [1.82, 2.24) is 15.5 Å². The van der Waals surface area contributed by atoms with Gasteiger partial charge in [0.15, 0.2) is 0 Å². The number of nitrogens with one attached hydrogen (secondary N) is 2. The highest BCUT2D eigenvalue weighted by molar-refractivity contribution is 5.73. The summed E-state index contributed by atoms with van der Waals surface area (Å²) in [5.41, 5.74) is 1.80. The van der Waals surface area contributed by atoms with E-state index in [4.69, 9.17) is 0 Å². The molecule has 1 fully saturated rings. The number of aliphatic hydroxyl groups is 1. The highest BCUT2D eigenvalue weighted by atomic mass is 16.3. The smallest absolute Gasteiger partial charge is 0.315 e. The average Bonchev–Trinajstić information content (AvgIpc) is 2.54. The third-order valence-electron chi connectivity index (χ3n) is 3.89. The number of carbonyl (C=O) groups is 1. The summed E-state index contributed by atoms with van der Waals surface area (Å²) in [5.74, 6) is 0. The van der Waals surface area contributed by atoms with Crippen molar-refractivity contribution >= 4 is 6.03 Å². The van der Waals surface area contributed by atoms with Crippen LogP contribution in [0, 0.1) is 0 Å². The number of hydrogen-bond donors (Lipinski definition) is 3. The summed E-state index contributed by atoms with van der Waals surface area (Å²) in [6.07, 6.45) is 3.86. The Balaban J connectivity index is 1.65. The maximum atomic E-state index is 11.8. The molecule has 1 aromatic rings. The topological polar surface area (TPSA) is 64.6 Å². The van der Waals surface area contributed by atoms with E-state index in [0.29, 0.717) is 13.1 Å². The van der Waals surface area contributed by atoms with E-state index in [0.717, 1.165) is 30.8 Å². The van der Waals surface area contributed by atoms with Crippen LogP contribution in [0.2, 0.25) is 0 Å². The van der Waals surface area contributed by atoms with Crippen LogP contribution in [0.5, 0.6) is 0 Å². The molecule has 0 saturated carbocycles. The summed E-state index contributed by atoms with van der Waals surface area (Å²) in [6.45, 7) is 4.31. The van der Waals surface area contributed by atoms with Crippen LogP contribution in [-0.2, 0) is 13.2 Å². The Morgan fingerprint density at radius 3 is 2.52 bits per heavy atom. The lowest BCUT2D eigenvalue weighted by Crippen LogP contribution is -2.41. The zero-order chi connectivity index (χ0) is 14.9. The largest absolute Gasteiger partial charge is 0.392 e. The van der Waals surface area contributed by atoms with Gasteiger partial charge in [-0.1, -0.05) is 30.7 Å². The van der Waals surface area contributed by atoms with Gasteiger partial charge in [0.1, 0.15) is 0 Å². The minimum absolute atomic E-state index is 0.00552. The maximum Gasteiger partial charge on any atom is 0.315 e. The molecule has 21 heavy (non-hydrogen) atoms. The minimum Gasteiger partial charge on any atom is -0.392 e. The van der Waals surface area contributed by atoms with Gasteiger partial charge >= 0.3 is 6.03 Å². The van der Waals surface area contributed by atoms with Crippen LogP contribution in [0.25, 0.3) is 0 Å². The van der Waals surface area contributed by atoms with Crippen LogP contribution in [0.1, 0.15) is 30.4 Å². The van der Waals surface area contributed by atoms with Crippen molar-refractivity contribution in [2.75, 3.05) is 26.2 Å². The molecule has 0 bridgehead atoms. The fourth-order valence-electron chi connectivity index (χ4n) is 2.63. The van der Waals surface area contributed by atoms with Gasteiger partial charge < -0.3 is 20.6 Å². The van der Waals surface area contributed by atoms with E-state index in [1.807, 2.05) is 24.3 Å². The number of amides is 2. The Bertz CT molecular complexity index is 445. The van der Waals surface area contributed by atoms with Crippen LogP contribution < -0.4 is 10.6 Å². The number of carbonyl (C=O) groups excluding carboxylic acids is 1. The molecular weight excluding hydrogens is 266 g/mol. The second kappa shape index (κ2) is 8.64. The van der Waals surface area contributed by atoms with Crippen molar-refractivity contribution in [3.05, 3.63) is 35.4 Å². The van der Waals surface area contributed by atoms with Crippen molar-refractivity contribution in [3.63, 3.8) is 0 Å². The molecule has 0 spiro atoms. The molecule has 5 nitrogen and oxygen atoms in total. The lowest BCUT2D eigenvalue weighted by molar-refractivity contribution is 0.220. The first-order valence-corrected chi connectivity index (χ1v) is 7.71. The minimum atomic E-state index is -0.153. The molecule has 0 aliphatic carbocycles. The van der Waals surface area contributed by atoms with Gasteiger partial charge in [-0.25, -0.2) is 4.79 Å². The molecule has 1 heterocycles. The van der Waals surface area contributed by atoms with Gasteiger partial charge in [-0.3, -0.25) is 0 Å². The Labute approximate surface area is 126 Å². The van der Waals surface area contributed by atoms with Gasteiger partial charge in [0.2, 0.25) is 0 Å². The summed E-state index contributed by atoms with van der Waals surface area (Å²) >= 11 is 0. The van der Waals surface area contributed by atoms with Gasteiger partial charge in [0.05, 0.1) is 6.61 Å². The van der Waals surface area contributed by atoms with Gasteiger partial charge in [0.25, 0.3) is 0 Å². The highest BCUT2D eigenvalue weighted by Crippen LogP contribution is 2.08. The second-order valence-electron chi connectivity index (χ2n) is 5.44. The van der Waals surface area contributed by atoms with E-state index >= 15 is 0 Å². The lowest BCUT2D eigenvalue weighted by atomic mass is 10.1. The molecule has 116 valence electrons. The predicted octanol–water partition coefficient (Wildman–Crippen LogP) is 1.46. The fraction of sp³-hybridized carbons (Fsp3) is 0.562. The molecule has 3 N–H and O–H groups in total. The number of piperidine rings is 1. The summed E-state index contributed by atoms with van der Waals surface area (Å²) in [5, 5.41) is 15.0. The third kappa shape index (κ3) is 5.36. The molecule has 1 aromatic carbocycles. The van der Waals surface area contributed by atoms with Crippen molar-refractivity contribution < 1.29 is 9.90 Å². The normalized spacial score (nSPS) is 15.7. The van der Waals surface area contributed by atoms with E-state index < -0.39 is 0 Å². The van der Waals surface area contributed by atoms with Gasteiger partial charge in [-0.05, 0) is 37.1 Å². The number of nitrogens with zero attached hydrogens (tertiary/aromatic N) is 1. The van der Waals surface area contributed by atoms with Crippen LogP contribution in [0.3, 0.4) is 0 Å². The number of benzene rings is 1. The number of rotatable bonds is 6. The third-order valence-corrected chi connectivity index (χ3v) is 3.89. The summed E-state index contributed by atoms with van der Waals surface area (Å²) in [4.78, 5) is 14.1. The average molecular weight is 291 g/mol. The molecule has 1 aliphatic rings. The first-order chi connectivity index (χ1) is 10.3. The van der Waals surface area contributed by atoms with Gasteiger partial charge in [-0.2, -0.15) is 0 Å². The first-order valence-electron chi connectivity index (χ1n) is 7.71. The van der Waals surface area contributed by atoms with E-state index in [-0.39, 0.29) is 12.6 Å². The highest BCUT2D eigenvalue weighted by Gasteiger charge is 2.10. The SMILES string of the molecule is O=C(NCCN1CCCCC1)NCc1ccccc1CO. The Morgan fingerprint density at radius 1 is 1.10 bits per heavy atom. The monoisotopic (exact) mass is 291 g/mol. The van der Waals surface area contributed by atoms with Crippen LogP contribution in [0.15, 0.2) is 24.3 Å². The van der Waals surface area contributed by atoms with Crippen molar-refractivity contribution in [1.29, 1.82) is 0 Å². The number of likely N-dealkylation sites (tertiary alicyclic amines) is 1. The van der Waals surface area contributed by atoms with Gasteiger partial charge in [0, 0.05) is 19.6 Å². The summed E-state index contributed by atoms with van der Waals surface area (Å²) in [6, 6.07) is 7.42. The quantitative estimate of drug-likeness (QED) is 0.743. The van der Waals surface area contributed by atoms with E-state index in [9.17, 15) is 9.90 Å². The second-order valence-corrected chi connectivity index (χ2v) is 5.44. The Hall–Kier alpha value is -1.59. The summed E-state index contributed by atoms with van der Waals surface area (Å²) in [7, 11) is 0. The first kappa shape index (κ1) is 15.8. The van der Waals surface area contributed by atoms with Crippen LogP contribution in [-0.4, -0.2) is 42.2 Å². The van der Waals surface area contributed by atoms with E-state index in [2.05, 4.69) is 15.5 Å². The molecule has 1 saturated heterocycles. The zero-order valence-corrected chi connectivity index (χ0v) is 12.5. The predicted molar refractivity (Wildman–Crippen MR) is 82.9 cm³/mol. The zero-order valence-electron chi connectivity index (χ0n) is 12.5. The molecule has 0 aromatic heterocycles. The van der Waals surface area contributed by atoms with Crippen LogP contribution in [0.4, 0.5) is 4.79 Å². The Kier molecular flexibility index (Phi) is 6.50. The number of aliphatic hydroxyl groups excluding tert-OH is 1. The molecule has 0 unspecified atom stereocenters.